The number of methoxy groups -OCH3 is 1. The van der Waals surface area contributed by atoms with E-state index in [0.29, 0.717) is 18.0 Å². The summed E-state index contributed by atoms with van der Waals surface area (Å²) in [6.07, 6.45) is 0.845. The fourth-order valence-corrected chi connectivity index (χ4v) is 3.75. The molecule has 146 valence electrons. The van der Waals surface area contributed by atoms with Gasteiger partial charge in [0.05, 0.1) is 30.7 Å². The van der Waals surface area contributed by atoms with Crippen LogP contribution in [0.1, 0.15) is 19.4 Å². The first-order valence-electron chi connectivity index (χ1n) is 9.26. The molecule has 3 aromatic rings. The maximum Gasteiger partial charge on any atom is 0.234 e. The lowest BCUT2D eigenvalue weighted by molar-refractivity contribution is -0.113. The van der Waals surface area contributed by atoms with E-state index in [4.69, 9.17) is 14.5 Å². The van der Waals surface area contributed by atoms with Crippen molar-refractivity contribution < 1.29 is 14.3 Å². The van der Waals surface area contributed by atoms with Crippen LogP contribution in [-0.2, 0) is 11.2 Å². The van der Waals surface area contributed by atoms with Crippen molar-refractivity contribution in [3.05, 3.63) is 54.1 Å². The van der Waals surface area contributed by atoms with Gasteiger partial charge < -0.3 is 14.8 Å². The quantitative estimate of drug-likeness (QED) is 0.547. The Balaban J connectivity index is 1.73. The number of carbonyl (C=O) groups is 1. The molecule has 28 heavy (non-hydrogen) atoms. The smallest absolute Gasteiger partial charge is 0.234 e. The number of pyridine rings is 1. The van der Waals surface area contributed by atoms with Gasteiger partial charge in [-0.3, -0.25) is 4.79 Å². The average Bonchev–Trinajstić information content (AvgIpc) is 2.72. The van der Waals surface area contributed by atoms with E-state index >= 15 is 0 Å². The van der Waals surface area contributed by atoms with Crippen LogP contribution in [0.4, 0.5) is 5.69 Å². The van der Waals surface area contributed by atoms with E-state index in [9.17, 15) is 4.79 Å². The lowest BCUT2D eigenvalue weighted by Crippen LogP contribution is -2.15. The molecular formula is C22H24N2O3S. The number of fused-ring (bicyclic) bond motifs is 1. The molecule has 0 unspecified atom stereocenters. The van der Waals surface area contributed by atoms with Crippen molar-refractivity contribution in [3.8, 4) is 11.5 Å². The summed E-state index contributed by atoms with van der Waals surface area (Å²) in [6, 6.07) is 15.4. The summed E-state index contributed by atoms with van der Waals surface area (Å²) in [6.45, 7) is 4.56. The van der Waals surface area contributed by atoms with Gasteiger partial charge in [-0.2, -0.15) is 0 Å². The van der Waals surface area contributed by atoms with Crippen molar-refractivity contribution in [1.82, 2.24) is 4.98 Å². The molecular weight excluding hydrogens is 372 g/mol. The van der Waals surface area contributed by atoms with Gasteiger partial charge in [0, 0.05) is 5.39 Å². The number of nitrogens with one attached hydrogen (secondary N) is 1. The van der Waals surface area contributed by atoms with E-state index < -0.39 is 0 Å². The highest BCUT2D eigenvalue weighted by Gasteiger charge is 2.12. The Morgan fingerprint density at radius 1 is 1.14 bits per heavy atom. The van der Waals surface area contributed by atoms with E-state index in [-0.39, 0.29) is 11.7 Å². The zero-order valence-electron chi connectivity index (χ0n) is 16.3. The number of benzene rings is 2. The minimum absolute atomic E-state index is 0.0872. The van der Waals surface area contributed by atoms with Crippen molar-refractivity contribution >= 4 is 34.3 Å². The number of amides is 1. The maximum atomic E-state index is 12.5. The first kappa shape index (κ1) is 20.0. The van der Waals surface area contributed by atoms with Crippen LogP contribution in [0.2, 0.25) is 0 Å². The largest absolute Gasteiger partial charge is 0.497 e. The van der Waals surface area contributed by atoms with E-state index in [1.807, 2.05) is 49.4 Å². The molecule has 1 N–H and O–H groups in total. The third-order valence-electron chi connectivity index (χ3n) is 4.24. The number of thioether (sulfide) groups is 1. The lowest BCUT2D eigenvalue weighted by Gasteiger charge is -2.12. The number of nitrogens with zero attached hydrogens (tertiary/aromatic N) is 1. The van der Waals surface area contributed by atoms with Crippen molar-refractivity contribution in [3.63, 3.8) is 0 Å². The van der Waals surface area contributed by atoms with Crippen LogP contribution < -0.4 is 14.8 Å². The highest BCUT2D eigenvalue weighted by Crippen LogP contribution is 2.28. The second-order valence-electron chi connectivity index (χ2n) is 6.13. The van der Waals surface area contributed by atoms with Gasteiger partial charge in [-0.1, -0.05) is 30.8 Å². The Morgan fingerprint density at radius 2 is 1.96 bits per heavy atom. The van der Waals surface area contributed by atoms with Crippen LogP contribution in [0.25, 0.3) is 10.9 Å². The number of para-hydroxylation sites is 2. The molecule has 0 aliphatic carbocycles. The summed E-state index contributed by atoms with van der Waals surface area (Å²) in [5.74, 6) is 1.68. The Hall–Kier alpha value is -2.73. The number of aryl methyl sites for hydroxylation is 1. The highest BCUT2D eigenvalue weighted by atomic mass is 32.2. The average molecular weight is 397 g/mol. The SMILES string of the molecule is CCOc1ccccc1NC(=O)CSc1nc2ccc(OC)cc2cc1CC. The van der Waals surface area contributed by atoms with Crippen molar-refractivity contribution in [2.24, 2.45) is 0 Å². The van der Waals surface area contributed by atoms with Crippen LogP contribution in [0.3, 0.4) is 0 Å². The standard InChI is InChI=1S/C22H24N2O3S/c1-4-15-12-16-13-17(26-3)10-11-18(16)24-22(15)28-14-21(25)23-19-8-6-7-9-20(19)27-5-2/h6-13H,4-5,14H2,1-3H3,(H,23,25). The zero-order valence-corrected chi connectivity index (χ0v) is 17.1. The first-order valence-corrected chi connectivity index (χ1v) is 10.2. The fraction of sp³-hybridized carbons (Fsp3) is 0.273. The van der Waals surface area contributed by atoms with Gasteiger partial charge in [-0.25, -0.2) is 4.98 Å². The minimum Gasteiger partial charge on any atom is -0.497 e. The summed E-state index contributed by atoms with van der Waals surface area (Å²) < 4.78 is 10.9. The molecule has 1 aromatic heterocycles. The van der Waals surface area contributed by atoms with E-state index in [2.05, 4.69) is 18.3 Å². The van der Waals surface area contributed by atoms with Gasteiger partial charge in [0.25, 0.3) is 0 Å². The van der Waals surface area contributed by atoms with Crippen molar-refractivity contribution in [1.29, 1.82) is 0 Å². The number of ether oxygens (including phenoxy) is 2. The van der Waals surface area contributed by atoms with Crippen molar-refractivity contribution in [2.45, 2.75) is 25.3 Å². The Labute approximate surface area is 169 Å². The van der Waals surface area contributed by atoms with E-state index in [1.54, 1.807) is 7.11 Å². The Morgan fingerprint density at radius 3 is 2.71 bits per heavy atom. The number of anilines is 1. The van der Waals surface area contributed by atoms with Gasteiger partial charge in [-0.05, 0) is 55.3 Å². The molecule has 0 aliphatic heterocycles. The molecule has 0 saturated carbocycles. The predicted molar refractivity (Wildman–Crippen MR) is 115 cm³/mol. The monoisotopic (exact) mass is 396 g/mol. The normalized spacial score (nSPS) is 10.7. The summed E-state index contributed by atoms with van der Waals surface area (Å²) in [7, 11) is 1.65. The van der Waals surface area contributed by atoms with Crippen LogP contribution in [-0.4, -0.2) is 30.4 Å². The summed E-state index contributed by atoms with van der Waals surface area (Å²) >= 11 is 1.45. The third kappa shape index (κ3) is 4.75. The van der Waals surface area contributed by atoms with Gasteiger partial charge >= 0.3 is 0 Å². The lowest BCUT2D eigenvalue weighted by atomic mass is 10.1. The fourth-order valence-electron chi connectivity index (χ4n) is 2.86. The molecule has 0 spiro atoms. The number of hydrogen-bond acceptors (Lipinski definition) is 5. The molecule has 1 heterocycles. The summed E-state index contributed by atoms with van der Waals surface area (Å²) in [5, 5.41) is 4.85. The molecule has 0 aliphatic rings. The molecule has 0 fully saturated rings. The first-order chi connectivity index (χ1) is 13.6. The second-order valence-corrected chi connectivity index (χ2v) is 7.09. The summed E-state index contributed by atoms with van der Waals surface area (Å²) in [4.78, 5) is 17.2. The van der Waals surface area contributed by atoms with E-state index in [0.717, 1.165) is 33.7 Å². The molecule has 5 nitrogen and oxygen atoms in total. The van der Waals surface area contributed by atoms with Crippen LogP contribution >= 0.6 is 11.8 Å². The van der Waals surface area contributed by atoms with Crippen LogP contribution in [0.5, 0.6) is 11.5 Å². The molecule has 2 aromatic carbocycles. The molecule has 0 bridgehead atoms. The van der Waals surface area contributed by atoms with Gasteiger partial charge in [0.2, 0.25) is 5.91 Å². The summed E-state index contributed by atoms with van der Waals surface area (Å²) in [5.41, 5.74) is 2.69. The maximum absolute atomic E-state index is 12.5. The molecule has 0 atom stereocenters. The topological polar surface area (TPSA) is 60.5 Å². The minimum atomic E-state index is -0.0872. The molecule has 0 radical (unpaired) electrons. The molecule has 3 rings (SSSR count). The Kier molecular flexibility index (Phi) is 6.76. The number of carbonyl (C=O) groups excluding carboxylic acids is 1. The number of hydrogen-bond donors (Lipinski definition) is 1. The van der Waals surface area contributed by atoms with Gasteiger partial charge in [0.15, 0.2) is 0 Å². The number of rotatable bonds is 8. The van der Waals surface area contributed by atoms with Gasteiger partial charge in [0.1, 0.15) is 16.5 Å². The zero-order chi connectivity index (χ0) is 19.9. The highest BCUT2D eigenvalue weighted by molar-refractivity contribution is 8.00. The second kappa shape index (κ2) is 9.46. The van der Waals surface area contributed by atoms with Gasteiger partial charge in [-0.15, -0.1) is 0 Å². The number of aromatic nitrogens is 1. The van der Waals surface area contributed by atoms with Crippen LogP contribution in [0, 0.1) is 0 Å². The van der Waals surface area contributed by atoms with Crippen LogP contribution in [0.15, 0.2) is 53.6 Å². The Bertz CT molecular complexity index is 975. The van der Waals surface area contributed by atoms with E-state index in [1.165, 1.54) is 11.8 Å². The molecule has 0 saturated heterocycles. The molecule has 6 heteroatoms. The van der Waals surface area contributed by atoms with Crippen molar-refractivity contribution in [2.75, 3.05) is 24.8 Å². The predicted octanol–water partition coefficient (Wildman–Crippen LogP) is 4.94. The third-order valence-corrected chi connectivity index (χ3v) is 5.28. The molecule has 1 amide bonds.